The third-order valence-corrected chi connectivity index (χ3v) is 3.39. The quantitative estimate of drug-likeness (QED) is 0.402. The van der Waals surface area contributed by atoms with Crippen LogP contribution >= 0.6 is 0 Å². The minimum Gasteiger partial charge on any atom is -0.486 e. The summed E-state index contributed by atoms with van der Waals surface area (Å²) in [6.45, 7) is 5.59. The molecule has 3 nitrogen and oxygen atoms in total. The molecule has 0 bridgehead atoms. The fourth-order valence-corrected chi connectivity index (χ4v) is 2.18. The minimum absolute atomic E-state index is 0.0675. The SMILES string of the molecule is C=C(C)C(=O)OCCCC(Oc1ccccc1)c1ccccc1. The summed E-state index contributed by atoms with van der Waals surface area (Å²) in [6, 6.07) is 19.8. The molecule has 120 valence electrons. The number of hydrogen-bond donors (Lipinski definition) is 0. The zero-order valence-corrected chi connectivity index (χ0v) is 13.4. The van der Waals surface area contributed by atoms with Gasteiger partial charge in [-0.15, -0.1) is 0 Å². The van der Waals surface area contributed by atoms with Crippen LogP contribution in [0.25, 0.3) is 0 Å². The van der Waals surface area contributed by atoms with Gasteiger partial charge in [0.25, 0.3) is 0 Å². The highest BCUT2D eigenvalue weighted by atomic mass is 16.5. The first-order valence-corrected chi connectivity index (χ1v) is 7.76. The summed E-state index contributed by atoms with van der Waals surface area (Å²) in [7, 11) is 0. The van der Waals surface area contributed by atoms with E-state index >= 15 is 0 Å². The molecule has 1 unspecified atom stereocenters. The smallest absolute Gasteiger partial charge is 0.333 e. The lowest BCUT2D eigenvalue weighted by Gasteiger charge is -2.19. The molecule has 0 aliphatic carbocycles. The zero-order valence-electron chi connectivity index (χ0n) is 13.4. The van der Waals surface area contributed by atoms with E-state index in [1.165, 1.54) is 0 Å². The van der Waals surface area contributed by atoms with Gasteiger partial charge in [0, 0.05) is 5.57 Å². The molecule has 0 radical (unpaired) electrons. The van der Waals surface area contributed by atoms with Crippen molar-refractivity contribution in [2.24, 2.45) is 0 Å². The zero-order chi connectivity index (χ0) is 16.5. The van der Waals surface area contributed by atoms with Crippen molar-refractivity contribution in [3.63, 3.8) is 0 Å². The average molecular weight is 310 g/mol. The van der Waals surface area contributed by atoms with Gasteiger partial charge in [0.15, 0.2) is 0 Å². The number of rotatable bonds is 8. The third kappa shape index (κ3) is 5.62. The monoisotopic (exact) mass is 310 g/mol. The van der Waals surface area contributed by atoms with Crippen LogP contribution in [0.1, 0.15) is 31.4 Å². The van der Waals surface area contributed by atoms with Gasteiger partial charge in [-0.2, -0.15) is 0 Å². The number of carbonyl (C=O) groups is 1. The molecule has 0 saturated carbocycles. The van der Waals surface area contributed by atoms with Crippen molar-refractivity contribution in [3.8, 4) is 5.75 Å². The normalized spacial score (nSPS) is 11.5. The molecule has 0 spiro atoms. The van der Waals surface area contributed by atoms with E-state index in [-0.39, 0.29) is 12.1 Å². The second-order valence-electron chi connectivity index (χ2n) is 5.39. The first kappa shape index (κ1) is 16.8. The van der Waals surface area contributed by atoms with Gasteiger partial charge in [-0.05, 0) is 37.5 Å². The maximum atomic E-state index is 11.4. The third-order valence-electron chi connectivity index (χ3n) is 3.39. The van der Waals surface area contributed by atoms with Crippen LogP contribution in [-0.2, 0) is 9.53 Å². The molecule has 0 amide bonds. The Balaban J connectivity index is 1.94. The van der Waals surface area contributed by atoms with E-state index in [4.69, 9.17) is 9.47 Å². The predicted molar refractivity (Wildman–Crippen MR) is 91.3 cm³/mol. The molecule has 0 aromatic heterocycles. The van der Waals surface area contributed by atoms with Crippen molar-refractivity contribution < 1.29 is 14.3 Å². The van der Waals surface area contributed by atoms with Gasteiger partial charge in [-0.1, -0.05) is 55.1 Å². The molecule has 2 aromatic rings. The first-order chi connectivity index (χ1) is 11.2. The molecular weight excluding hydrogens is 288 g/mol. The van der Waals surface area contributed by atoms with E-state index in [2.05, 4.69) is 6.58 Å². The van der Waals surface area contributed by atoms with Crippen molar-refractivity contribution in [2.45, 2.75) is 25.9 Å². The summed E-state index contributed by atoms with van der Waals surface area (Å²) in [5.74, 6) is 0.491. The Morgan fingerprint density at radius 2 is 1.65 bits per heavy atom. The lowest BCUT2D eigenvalue weighted by atomic mass is 10.0. The van der Waals surface area contributed by atoms with Gasteiger partial charge in [0.1, 0.15) is 11.9 Å². The second-order valence-corrected chi connectivity index (χ2v) is 5.39. The van der Waals surface area contributed by atoms with Crippen molar-refractivity contribution >= 4 is 5.97 Å². The summed E-state index contributed by atoms with van der Waals surface area (Å²) in [4.78, 5) is 11.4. The van der Waals surface area contributed by atoms with E-state index in [1.54, 1.807) is 6.92 Å². The predicted octanol–water partition coefficient (Wildman–Crippen LogP) is 4.71. The molecule has 23 heavy (non-hydrogen) atoms. The van der Waals surface area contributed by atoms with Crippen LogP contribution in [0.2, 0.25) is 0 Å². The van der Waals surface area contributed by atoms with E-state index in [9.17, 15) is 4.79 Å². The molecule has 0 fully saturated rings. The van der Waals surface area contributed by atoms with Crippen LogP contribution in [-0.4, -0.2) is 12.6 Å². The van der Waals surface area contributed by atoms with Crippen molar-refractivity contribution in [1.29, 1.82) is 0 Å². The summed E-state index contributed by atoms with van der Waals surface area (Å²) in [6.07, 6.45) is 1.43. The van der Waals surface area contributed by atoms with Gasteiger partial charge in [0.05, 0.1) is 6.61 Å². The van der Waals surface area contributed by atoms with Crippen LogP contribution < -0.4 is 4.74 Å². The molecule has 1 atom stereocenters. The molecule has 0 aliphatic heterocycles. The van der Waals surface area contributed by atoms with E-state index in [0.717, 1.165) is 24.2 Å². The fourth-order valence-electron chi connectivity index (χ4n) is 2.18. The van der Waals surface area contributed by atoms with Crippen molar-refractivity contribution in [2.75, 3.05) is 6.61 Å². The summed E-state index contributed by atoms with van der Waals surface area (Å²) in [5.41, 5.74) is 1.53. The number of ether oxygens (including phenoxy) is 2. The standard InChI is InChI=1S/C20H22O3/c1-16(2)20(21)22-15-9-14-19(17-10-5-3-6-11-17)23-18-12-7-4-8-13-18/h3-8,10-13,19H,1,9,14-15H2,2H3. The second kappa shape index (κ2) is 8.79. The van der Waals surface area contributed by atoms with Crippen LogP contribution in [0, 0.1) is 0 Å². The minimum atomic E-state index is -0.342. The average Bonchev–Trinajstić information content (AvgIpc) is 2.59. The maximum absolute atomic E-state index is 11.4. The highest BCUT2D eigenvalue weighted by Gasteiger charge is 2.13. The highest BCUT2D eigenvalue weighted by molar-refractivity contribution is 5.86. The first-order valence-electron chi connectivity index (χ1n) is 7.76. The lowest BCUT2D eigenvalue weighted by molar-refractivity contribution is -0.139. The highest BCUT2D eigenvalue weighted by Crippen LogP contribution is 2.25. The van der Waals surface area contributed by atoms with Gasteiger partial charge >= 0.3 is 5.97 Å². The Kier molecular flexibility index (Phi) is 6.42. The molecule has 0 heterocycles. The van der Waals surface area contributed by atoms with E-state index in [1.807, 2.05) is 60.7 Å². The molecule has 0 saturated heterocycles. The molecule has 0 aliphatic rings. The fraction of sp³-hybridized carbons (Fsp3) is 0.250. The molecule has 2 rings (SSSR count). The molecule has 0 N–H and O–H groups in total. The summed E-state index contributed by atoms with van der Waals surface area (Å²) >= 11 is 0. The molecule has 2 aromatic carbocycles. The Labute approximate surface area is 137 Å². The number of benzene rings is 2. The number of carbonyl (C=O) groups excluding carboxylic acids is 1. The Bertz CT molecular complexity index is 620. The number of para-hydroxylation sites is 1. The number of esters is 1. The summed E-state index contributed by atoms with van der Waals surface area (Å²) in [5, 5.41) is 0. The van der Waals surface area contributed by atoms with E-state index in [0.29, 0.717) is 12.2 Å². The van der Waals surface area contributed by atoms with E-state index < -0.39 is 0 Å². The van der Waals surface area contributed by atoms with Gasteiger partial charge in [-0.25, -0.2) is 4.79 Å². The van der Waals surface area contributed by atoms with Crippen LogP contribution in [0.15, 0.2) is 72.8 Å². The largest absolute Gasteiger partial charge is 0.486 e. The number of hydrogen-bond acceptors (Lipinski definition) is 3. The topological polar surface area (TPSA) is 35.5 Å². The Morgan fingerprint density at radius 3 is 2.26 bits per heavy atom. The van der Waals surface area contributed by atoms with Crippen molar-refractivity contribution in [1.82, 2.24) is 0 Å². The Morgan fingerprint density at radius 1 is 1.04 bits per heavy atom. The summed E-state index contributed by atoms with van der Waals surface area (Å²) < 4.78 is 11.2. The molecular formula is C20H22O3. The van der Waals surface area contributed by atoms with Gasteiger partial charge in [-0.3, -0.25) is 0 Å². The maximum Gasteiger partial charge on any atom is 0.333 e. The molecule has 3 heteroatoms. The van der Waals surface area contributed by atoms with Crippen molar-refractivity contribution in [3.05, 3.63) is 78.4 Å². The Hall–Kier alpha value is -2.55. The lowest BCUT2D eigenvalue weighted by Crippen LogP contribution is -2.11. The van der Waals surface area contributed by atoms with Crippen LogP contribution in [0.3, 0.4) is 0 Å². The van der Waals surface area contributed by atoms with Gasteiger partial charge in [0.2, 0.25) is 0 Å². The van der Waals surface area contributed by atoms with Crippen LogP contribution in [0.4, 0.5) is 0 Å². The van der Waals surface area contributed by atoms with Crippen LogP contribution in [0.5, 0.6) is 5.75 Å². The van der Waals surface area contributed by atoms with Gasteiger partial charge < -0.3 is 9.47 Å².